The maximum atomic E-state index is 4.14. The molecule has 0 saturated heterocycles. The van der Waals surface area contributed by atoms with Gasteiger partial charge in [0.15, 0.2) is 0 Å². The third-order valence-electron chi connectivity index (χ3n) is 9.88. The molecule has 0 N–H and O–H groups in total. The summed E-state index contributed by atoms with van der Waals surface area (Å²) in [7, 11) is 0. The van der Waals surface area contributed by atoms with Crippen LogP contribution in [0.15, 0.2) is 146 Å². The van der Waals surface area contributed by atoms with Gasteiger partial charge in [0.2, 0.25) is 0 Å². The highest BCUT2D eigenvalue weighted by Crippen LogP contribution is 2.31. The molecule has 7 aromatic carbocycles. The number of allylic oxidation sites excluding steroid dienone is 2. The van der Waals surface area contributed by atoms with Crippen molar-refractivity contribution in [2.45, 2.75) is 54.4 Å². The van der Waals surface area contributed by atoms with Crippen molar-refractivity contribution in [2.75, 3.05) is 0 Å². The highest BCUT2D eigenvalue weighted by molar-refractivity contribution is 6.13. The Balaban J connectivity index is 0.000000133. The van der Waals surface area contributed by atoms with E-state index in [9.17, 15) is 0 Å². The molecule has 0 unspecified atom stereocenters. The Morgan fingerprint density at radius 2 is 1.18 bits per heavy atom. The number of aryl methyl sites for hydroxylation is 5. The van der Waals surface area contributed by atoms with Gasteiger partial charge in [-0.05, 0) is 137 Å². The van der Waals surface area contributed by atoms with Crippen LogP contribution in [0, 0.1) is 34.6 Å². The van der Waals surface area contributed by atoms with Crippen molar-refractivity contribution >= 4 is 39.8 Å². The fourth-order valence-electron chi connectivity index (χ4n) is 6.59. The molecule has 0 atom stereocenters. The Morgan fingerprint density at radius 3 is 1.84 bits per heavy atom. The molecule has 7 aromatic rings. The lowest BCUT2D eigenvalue weighted by molar-refractivity contribution is 1.08. The van der Waals surface area contributed by atoms with Gasteiger partial charge in [0.05, 0.1) is 0 Å². The van der Waals surface area contributed by atoms with Crippen molar-refractivity contribution in [2.24, 2.45) is 0 Å². The molecule has 0 heteroatoms. The monoisotopic (exact) mass is 650 g/mol. The van der Waals surface area contributed by atoms with E-state index in [0.29, 0.717) is 0 Å². The van der Waals surface area contributed by atoms with Gasteiger partial charge in [0, 0.05) is 0 Å². The first kappa shape index (κ1) is 35.8. The number of benzene rings is 7. The molecule has 0 bridgehead atoms. The normalized spacial score (nSPS) is 12.2. The largest absolute Gasteiger partial charge is 0.0984 e. The first-order valence-electron chi connectivity index (χ1n) is 17.7. The summed E-state index contributed by atoms with van der Waals surface area (Å²) >= 11 is 0. The summed E-state index contributed by atoms with van der Waals surface area (Å²) in [6.45, 7) is 20.9. The van der Waals surface area contributed by atoms with Gasteiger partial charge in [-0.1, -0.05) is 164 Å². The van der Waals surface area contributed by atoms with Crippen LogP contribution in [0.3, 0.4) is 0 Å². The van der Waals surface area contributed by atoms with Gasteiger partial charge in [0.1, 0.15) is 0 Å². The maximum absolute atomic E-state index is 4.14. The minimum Gasteiger partial charge on any atom is -0.0984 e. The van der Waals surface area contributed by atoms with E-state index in [1.165, 1.54) is 95.6 Å². The van der Waals surface area contributed by atoms with Crippen molar-refractivity contribution in [3.05, 3.63) is 196 Å². The number of rotatable bonds is 2. The standard InChI is InChI=1S/C17H14.C13H12.C11H12.C9H12/c1-4-13-8-9-14-7-5-11(2)15-10-6-12(3)16(13)17(14)15;1-11-7-9-13(10-8-11)12-5-3-2-4-6-12;1-2-9-7-8-10-5-3-4-6-11(9)10;1-7-5-4-6-8(2)9(7)3/h4-10H,1,3H2,2H3;2-10H,1H3;2-6H,7-8H2,1H3;4-6H,1-3H3/b;;9-2+;. The van der Waals surface area contributed by atoms with Crippen LogP contribution in [0.1, 0.15) is 57.9 Å². The fraction of sp³-hybridized carbons (Fsp3) is 0.160. The zero-order valence-corrected chi connectivity index (χ0v) is 30.7. The second-order valence-corrected chi connectivity index (χ2v) is 13.2. The van der Waals surface area contributed by atoms with Crippen LogP contribution >= 0.6 is 0 Å². The van der Waals surface area contributed by atoms with E-state index in [2.05, 4.69) is 188 Å². The molecule has 0 spiro atoms. The van der Waals surface area contributed by atoms with Gasteiger partial charge in [-0.15, -0.1) is 0 Å². The zero-order chi connectivity index (χ0) is 35.6. The van der Waals surface area contributed by atoms with Gasteiger partial charge in [-0.25, -0.2) is 0 Å². The van der Waals surface area contributed by atoms with Gasteiger partial charge in [0.25, 0.3) is 0 Å². The van der Waals surface area contributed by atoms with Crippen LogP contribution in [0.5, 0.6) is 0 Å². The lowest BCUT2D eigenvalue weighted by Crippen LogP contribution is -2.01. The zero-order valence-electron chi connectivity index (χ0n) is 30.7. The van der Waals surface area contributed by atoms with E-state index in [0.717, 1.165) is 5.22 Å². The van der Waals surface area contributed by atoms with Crippen LogP contribution in [0.4, 0.5) is 0 Å². The first-order valence-corrected chi connectivity index (χ1v) is 17.7. The second kappa shape index (κ2) is 16.8. The average Bonchev–Trinajstić information content (AvgIpc) is 3.58. The highest BCUT2D eigenvalue weighted by Gasteiger charge is 2.13. The molecule has 250 valence electrons. The van der Waals surface area contributed by atoms with Crippen molar-refractivity contribution in [1.29, 1.82) is 0 Å². The Labute approximate surface area is 300 Å². The highest BCUT2D eigenvalue weighted by atomic mass is 14.2. The summed E-state index contributed by atoms with van der Waals surface area (Å²) in [4.78, 5) is 0. The molecule has 0 radical (unpaired) electrons. The smallest absolute Gasteiger partial charge is 0.00244 e. The summed E-state index contributed by atoms with van der Waals surface area (Å²) in [5, 5.41) is 6.21. The quantitative estimate of drug-likeness (QED) is 0.175. The summed E-state index contributed by atoms with van der Waals surface area (Å²) in [5.41, 5.74) is 15.0. The lowest BCUT2D eigenvalue weighted by atomic mass is 9.93. The molecule has 50 heavy (non-hydrogen) atoms. The first-order chi connectivity index (χ1) is 24.2. The molecule has 0 saturated carbocycles. The predicted molar refractivity (Wildman–Crippen MR) is 223 cm³/mol. The molecular weight excluding hydrogens is 601 g/mol. The molecule has 1 aliphatic rings. The fourth-order valence-corrected chi connectivity index (χ4v) is 6.59. The Bertz CT molecular complexity index is 2260. The van der Waals surface area contributed by atoms with Crippen molar-refractivity contribution in [3.8, 4) is 11.1 Å². The second-order valence-electron chi connectivity index (χ2n) is 13.2. The number of fused-ring (bicyclic) bond motifs is 1. The molecule has 0 fully saturated rings. The maximum Gasteiger partial charge on any atom is -0.00244 e. The van der Waals surface area contributed by atoms with Crippen molar-refractivity contribution in [3.63, 3.8) is 0 Å². The van der Waals surface area contributed by atoms with Gasteiger partial charge >= 0.3 is 0 Å². The van der Waals surface area contributed by atoms with Gasteiger partial charge in [-0.2, -0.15) is 0 Å². The molecule has 0 amide bonds. The molecule has 8 rings (SSSR count). The third-order valence-corrected chi connectivity index (χ3v) is 9.88. The minimum absolute atomic E-state index is 1.07. The van der Waals surface area contributed by atoms with Crippen molar-refractivity contribution in [1.82, 2.24) is 0 Å². The van der Waals surface area contributed by atoms with E-state index in [1.54, 1.807) is 0 Å². The molecular formula is C50H50. The van der Waals surface area contributed by atoms with Gasteiger partial charge < -0.3 is 0 Å². The molecule has 0 aromatic heterocycles. The van der Waals surface area contributed by atoms with E-state index in [4.69, 9.17) is 0 Å². The number of hydrogen-bond donors (Lipinski definition) is 0. The van der Waals surface area contributed by atoms with E-state index in [1.807, 2.05) is 12.1 Å². The van der Waals surface area contributed by atoms with Crippen LogP contribution in [-0.2, 0) is 6.42 Å². The molecule has 0 nitrogen and oxygen atoms in total. The van der Waals surface area contributed by atoms with E-state index in [-0.39, 0.29) is 0 Å². The molecule has 0 aliphatic heterocycles. The van der Waals surface area contributed by atoms with Crippen LogP contribution < -0.4 is 5.22 Å². The SMILES string of the molecule is C/C=C1\CCc2ccccc21.C=Cc1ccc2ccc(C)c3ccc(=C)c1c23.Cc1ccc(-c2ccccc2)cc1.Cc1cccc(C)c1C. The third kappa shape index (κ3) is 8.39. The average molecular weight is 651 g/mol. The minimum atomic E-state index is 1.07. The van der Waals surface area contributed by atoms with Crippen LogP contribution in [0.2, 0.25) is 0 Å². The number of hydrogen-bond acceptors (Lipinski definition) is 0. The summed E-state index contributed by atoms with van der Waals surface area (Å²) in [6, 6.07) is 47.0. The Hall–Kier alpha value is -5.46. The summed E-state index contributed by atoms with van der Waals surface area (Å²) in [5.74, 6) is 0. The molecule has 0 heterocycles. The molecule has 1 aliphatic carbocycles. The Kier molecular flexibility index (Phi) is 12.0. The lowest BCUT2D eigenvalue weighted by Gasteiger charge is -2.10. The Morgan fingerprint density at radius 1 is 0.540 bits per heavy atom. The summed E-state index contributed by atoms with van der Waals surface area (Å²) < 4.78 is 0. The van der Waals surface area contributed by atoms with Crippen molar-refractivity contribution < 1.29 is 0 Å². The van der Waals surface area contributed by atoms with Crippen LogP contribution in [0.25, 0.3) is 50.9 Å². The van der Waals surface area contributed by atoms with Gasteiger partial charge in [-0.3, -0.25) is 0 Å². The topological polar surface area (TPSA) is 0 Å². The van der Waals surface area contributed by atoms with E-state index < -0.39 is 0 Å². The van der Waals surface area contributed by atoms with Crippen LogP contribution in [-0.4, -0.2) is 0 Å². The summed E-state index contributed by atoms with van der Waals surface area (Å²) in [6.07, 6.45) is 6.60. The predicted octanol–water partition coefficient (Wildman–Crippen LogP) is 13.4. The van der Waals surface area contributed by atoms with E-state index >= 15 is 0 Å².